The Balaban J connectivity index is 1.87. The second-order valence-electron chi connectivity index (χ2n) is 3.82. The number of hydrogen-bond acceptors (Lipinski definition) is 4. The zero-order valence-corrected chi connectivity index (χ0v) is 8.55. The normalized spacial score (nSPS) is 17.4. The van der Waals surface area contributed by atoms with E-state index < -0.39 is 5.97 Å². The molecule has 80 valence electrons. The fourth-order valence-electron chi connectivity index (χ4n) is 1.68. The van der Waals surface area contributed by atoms with Gasteiger partial charge in [-0.25, -0.2) is 9.97 Å². The molecule has 0 radical (unpaired) electrons. The number of likely N-dealkylation sites (tertiary alicyclic amines) is 1. The van der Waals surface area contributed by atoms with Crippen LogP contribution in [0.25, 0.3) is 0 Å². The molecule has 0 amide bonds. The van der Waals surface area contributed by atoms with Gasteiger partial charge in [0, 0.05) is 25.8 Å². The summed E-state index contributed by atoms with van der Waals surface area (Å²) in [6.07, 6.45) is 1.73. The van der Waals surface area contributed by atoms with Gasteiger partial charge < -0.3 is 5.11 Å². The lowest BCUT2D eigenvalue weighted by molar-refractivity contribution is -0.147. The highest BCUT2D eigenvalue weighted by Crippen LogP contribution is 2.17. The molecule has 1 aromatic heterocycles. The molecule has 0 aromatic carbocycles. The molecule has 0 saturated carbocycles. The van der Waals surface area contributed by atoms with Gasteiger partial charge in [-0.15, -0.1) is 0 Å². The number of carboxylic acid groups (broad SMARTS) is 1. The fourth-order valence-corrected chi connectivity index (χ4v) is 1.68. The first-order chi connectivity index (χ1) is 7.15. The molecular formula is C10H13N3O2. The van der Waals surface area contributed by atoms with Gasteiger partial charge in [0.15, 0.2) is 0 Å². The summed E-state index contributed by atoms with van der Waals surface area (Å²) in [5.41, 5.74) is 0.950. The standard InChI is InChI=1S/C10H13N3O2/c1-7-11-3-2-9(12-7)6-13-4-8(5-13)10(14)15/h2-3,8H,4-6H2,1H3,(H,14,15). The molecule has 1 fully saturated rings. The van der Waals surface area contributed by atoms with Crippen LogP contribution in [0.5, 0.6) is 0 Å². The Morgan fingerprint density at radius 3 is 3.00 bits per heavy atom. The summed E-state index contributed by atoms with van der Waals surface area (Å²) in [5, 5.41) is 8.71. The van der Waals surface area contributed by atoms with Crippen molar-refractivity contribution in [1.29, 1.82) is 0 Å². The first-order valence-electron chi connectivity index (χ1n) is 4.89. The van der Waals surface area contributed by atoms with E-state index in [9.17, 15) is 4.79 Å². The molecule has 0 bridgehead atoms. The molecule has 1 saturated heterocycles. The van der Waals surface area contributed by atoms with E-state index in [-0.39, 0.29) is 5.92 Å². The summed E-state index contributed by atoms with van der Waals surface area (Å²) in [6, 6.07) is 1.86. The fraction of sp³-hybridized carbons (Fsp3) is 0.500. The van der Waals surface area contributed by atoms with Crippen molar-refractivity contribution in [2.45, 2.75) is 13.5 Å². The van der Waals surface area contributed by atoms with E-state index in [4.69, 9.17) is 5.11 Å². The minimum Gasteiger partial charge on any atom is -0.481 e. The zero-order chi connectivity index (χ0) is 10.8. The minimum atomic E-state index is -0.704. The maximum Gasteiger partial charge on any atom is 0.309 e. The molecule has 5 nitrogen and oxygen atoms in total. The zero-order valence-electron chi connectivity index (χ0n) is 8.55. The summed E-state index contributed by atoms with van der Waals surface area (Å²) in [6.45, 7) is 3.81. The second kappa shape index (κ2) is 3.94. The third kappa shape index (κ3) is 2.30. The number of aryl methyl sites for hydroxylation is 1. The van der Waals surface area contributed by atoms with Crippen LogP contribution in [0.1, 0.15) is 11.5 Å². The van der Waals surface area contributed by atoms with Gasteiger partial charge >= 0.3 is 5.97 Å². The van der Waals surface area contributed by atoms with E-state index in [1.165, 1.54) is 0 Å². The van der Waals surface area contributed by atoms with Crippen LogP contribution in [0.15, 0.2) is 12.3 Å². The maximum absolute atomic E-state index is 10.6. The smallest absolute Gasteiger partial charge is 0.309 e. The Hall–Kier alpha value is -1.49. The molecule has 15 heavy (non-hydrogen) atoms. The Morgan fingerprint density at radius 1 is 1.67 bits per heavy atom. The van der Waals surface area contributed by atoms with Crippen molar-refractivity contribution in [3.63, 3.8) is 0 Å². The van der Waals surface area contributed by atoms with Crippen molar-refractivity contribution >= 4 is 5.97 Å². The Morgan fingerprint density at radius 2 is 2.40 bits per heavy atom. The number of rotatable bonds is 3. The first-order valence-corrected chi connectivity index (χ1v) is 4.89. The highest BCUT2D eigenvalue weighted by Gasteiger charge is 2.32. The van der Waals surface area contributed by atoms with Gasteiger partial charge in [-0.05, 0) is 13.0 Å². The molecule has 1 N–H and O–H groups in total. The molecule has 1 aliphatic rings. The van der Waals surface area contributed by atoms with Crippen molar-refractivity contribution in [3.8, 4) is 0 Å². The maximum atomic E-state index is 10.6. The Kier molecular flexibility index (Phi) is 2.64. The summed E-state index contributed by atoms with van der Waals surface area (Å²) >= 11 is 0. The molecule has 0 atom stereocenters. The highest BCUT2D eigenvalue weighted by molar-refractivity contribution is 5.71. The van der Waals surface area contributed by atoms with Crippen molar-refractivity contribution in [3.05, 3.63) is 23.8 Å². The van der Waals surface area contributed by atoms with E-state index in [0.717, 1.165) is 11.5 Å². The van der Waals surface area contributed by atoms with Crippen LogP contribution in [0.2, 0.25) is 0 Å². The number of aromatic nitrogens is 2. The van der Waals surface area contributed by atoms with E-state index >= 15 is 0 Å². The van der Waals surface area contributed by atoms with Crippen LogP contribution < -0.4 is 0 Å². The molecule has 0 spiro atoms. The molecule has 2 heterocycles. The quantitative estimate of drug-likeness (QED) is 0.772. The number of aliphatic carboxylic acids is 1. The van der Waals surface area contributed by atoms with Gasteiger partial charge in [0.25, 0.3) is 0 Å². The van der Waals surface area contributed by atoms with Crippen molar-refractivity contribution in [1.82, 2.24) is 14.9 Å². The van der Waals surface area contributed by atoms with Gasteiger partial charge in [-0.3, -0.25) is 9.69 Å². The number of hydrogen-bond donors (Lipinski definition) is 1. The van der Waals surface area contributed by atoms with Crippen LogP contribution >= 0.6 is 0 Å². The van der Waals surface area contributed by atoms with E-state index in [1.807, 2.05) is 13.0 Å². The van der Waals surface area contributed by atoms with Crippen LogP contribution in [-0.4, -0.2) is 39.0 Å². The summed E-state index contributed by atoms with van der Waals surface area (Å²) in [4.78, 5) is 20.9. The van der Waals surface area contributed by atoms with Gasteiger partial charge in [0.1, 0.15) is 5.82 Å². The molecular weight excluding hydrogens is 194 g/mol. The summed E-state index contributed by atoms with van der Waals surface area (Å²) < 4.78 is 0. The number of carbonyl (C=O) groups is 1. The lowest BCUT2D eigenvalue weighted by Crippen LogP contribution is -2.49. The second-order valence-corrected chi connectivity index (χ2v) is 3.82. The molecule has 2 rings (SSSR count). The van der Waals surface area contributed by atoms with Gasteiger partial charge in [0.2, 0.25) is 0 Å². The van der Waals surface area contributed by atoms with Crippen LogP contribution in [0.3, 0.4) is 0 Å². The Bertz CT molecular complexity index is 375. The summed E-state index contributed by atoms with van der Waals surface area (Å²) in [5.74, 6) is -0.152. The monoisotopic (exact) mass is 207 g/mol. The molecule has 0 unspecified atom stereocenters. The molecule has 1 aromatic rings. The minimum absolute atomic E-state index is 0.201. The highest BCUT2D eigenvalue weighted by atomic mass is 16.4. The lowest BCUT2D eigenvalue weighted by Gasteiger charge is -2.36. The average Bonchev–Trinajstić information content (AvgIpc) is 2.10. The molecule has 0 aliphatic carbocycles. The largest absolute Gasteiger partial charge is 0.481 e. The third-order valence-electron chi connectivity index (χ3n) is 2.53. The first kappa shape index (κ1) is 10.0. The van der Waals surface area contributed by atoms with Gasteiger partial charge in [0.05, 0.1) is 11.6 Å². The van der Waals surface area contributed by atoms with Crippen LogP contribution in [0, 0.1) is 12.8 Å². The number of nitrogens with zero attached hydrogens (tertiary/aromatic N) is 3. The van der Waals surface area contributed by atoms with Crippen molar-refractivity contribution in [2.24, 2.45) is 5.92 Å². The summed E-state index contributed by atoms with van der Waals surface area (Å²) in [7, 11) is 0. The van der Waals surface area contributed by atoms with Crippen LogP contribution in [-0.2, 0) is 11.3 Å². The SMILES string of the molecule is Cc1nccc(CN2CC(C(=O)O)C2)n1. The van der Waals surface area contributed by atoms with E-state index in [1.54, 1.807) is 6.20 Å². The van der Waals surface area contributed by atoms with Crippen molar-refractivity contribution < 1.29 is 9.90 Å². The van der Waals surface area contributed by atoms with Gasteiger partial charge in [-0.2, -0.15) is 0 Å². The predicted octanol–water partition coefficient (Wildman–Crippen LogP) is 0.301. The van der Waals surface area contributed by atoms with Crippen molar-refractivity contribution in [2.75, 3.05) is 13.1 Å². The molecule has 1 aliphatic heterocycles. The topological polar surface area (TPSA) is 66.3 Å². The predicted molar refractivity (Wildman–Crippen MR) is 53.2 cm³/mol. The average molecular weight is 207 g/mol. The number of carboxylic acids is 1. The Labute approximate surface area is 87.8 Å². The third-order valence-corrected chi connectivity index (χ3v) is 2.53. The van der Waals surface area contributed by atoms with E-state index in [2.05, 4.69) is 14.9 Å². The van der Waals surface area contributed by atoms with Crippen LogP contribution in [0.4, 0.5) is 0 Å². The lowest BCUT2D eigenvalue weighted by atomic mass is 10.0. The van der Waals surface area contributed by atoms with E-state index in [0.29, 0.717) is 19.6 Å². The molecule has 5 heteroatoms. The van der Waals surface area contributed by atoms with Gasteiger partial charge in [-0.1, -0.05) is 0 Å².